The number of ether oxygens (including phenoxy) is 1. The minimum Gasteiger partial charge on any atom is -0.374 e. The van der Waals surface area contributed by atoms with Gasteiger partial charge in [-0.15, -0.1) is 0 Å². The molecule has 0 aliphatic carbocycles. The number of aromatic amines is 1. The van der Waals surface area contributed by atoms with Gasteiger partial charge < -0.3 is 14.6 Å². The number of aryl methyl sites for hydroxylation is 1. The predicted octanol–water partition coefficient (Wildman–Crippen LogP) is 0.802. The zero-order valence-electron chi connectivity index (χ0n) is 14.3. The van der Waals surface area contributed by atoms with Gasteiger partial charge in [0.2, 0.25) is 0 Å². The highest BCUT2D eigenvalue weighted by Gasteiger charge is 2.27. The van der Waals surface area contributed by atoms with E-state index in [0.717, 1.165) is 70.2 Å². The Bertz CT molecular complexity index is 522. The van der Waals surface area contributed by atoms with Crippen molar-refractivity contribution in [2.45, 2.75) is 20.0 Å². The van der Waals surface area contributed by atoms with Crippen molar-refractivity contribution in [1.29, 1.82) is 0 Å². The lowest BCUT2D eigenvalue weighted by atomic mass is 10.2. The smallest absolute Gasteiger partial charge is 0.270 e. The van der Waals surface area contributed by atoms with Crippen LogP contribution in [0.15, 0.2) is 12.3 Å². The number of H-pyrrole nitrogens is 1. The molecule has 2 fully saturated rings. The first kappa shape index (κ1) is 16.5. The van der Waals surface area contributed by atoms with Crippen molar-refractivity contribution in [2.24, 2.45) is 0 Å². The quantitative estimate of drug-likeness (QED) is 0.892. The molecule has 1 unspecified atom stereocenters. The van der Waals surface area contributed by atoms with Crippen LogP contribution in [-0.4, -0.2) is 90.7 Å². The molecule has 6 heteroatoms. The molecule has 1 atom stereocenters. The summed E-state index contributed by atoms with van der Waals surface area (Å²) >= 11 is 0. The lowest BCUT2D eigenvalue weighted by molar-refractivity contribution is -0.0458. The number of carbonyl (C=O) groups is 1. The average Bonchev–Trinajstić information content (AvgIpc) is 3.01. The monoisotopic (exact) mass is 320 g/mol. The second-order valence-electron chi connectivity index (χ2n) is 6.51. The molecule has 3 rings (SSSR count). The van der Waals surface area contributed by atoms with Gasteiger partial charge in [-0.3, -0.25) is 14.6 Å². The summed E-state index contributed by atoms with van der Waals surface area (Å²) in [5, 5.41) is 0. The maximum atomic E-state index is 12.5. The van der Waals surface area contributed by atoms with E-state index in [-0.39, 0.29) is 5.91 Å². The Morgan fingerprint density at radius 3 is 2.70 bits per heavy atom. The van der Waals surface area contributed by atoms with Crippen LogP contribution >= 0.6 is 0 Å². The Kier molecular flexibility index (Phi) is 5.35. The molecule has 6 nitrogen and oxygen atoms in total. The normalized spacial score (nSPS) is 24.1. The summed E-state index contributed by atoms with van der Waals surface area (Å²) in [5.74, 6) is 0.123. The van der Waals surface area contributed by atoms with Crippen molar-refractivity contribution >= 4 is 5.91 Å². The molecule has 1 aromatic rings. The minimum absolute atomic E-state index is 0.123. The molecule has 0 saturated carbocycles. The molecule has 0 aromatic carbocycles. The summed E-state index contributed by atoms with van der Waals surface area (Å²) in [4.78, 5) is 22.4. The maximum absolute atomic E-state index is 12.5. The van der Waals surface area contributed by atoms with Crippen LogP contribution in [0, 0.1) is 6.92 Å². The second-order valence-corrected chi connectivity index (χ2v) is 6.51. The van der Waals surface area contributed by atoms with E-state index in [9.17, 15) is 4.79 Å². The van der Waals surface area contributed by atoms with Crippen LogP contribution < -0.4 is 0 Å². The predicted molar refractivity (Wildman–Crippen MR) is 89.7 cm³/mol. The van der Waals surface area contributed by atoms with Crippen molar-refractivity contribution in [1.82, 2.24) is 19.7 Å². The number of hydrogen-bond donors (Lipinski definition) is 1. The minimum atomic E-state index is 0.123. The molecule has 0 bridgehead atoms. The second kappa shape index (κ2) is 7.47. The third-order valence-electron chi connectivity index (χ3n) is 4.96. The van der Waals surface area contributed by atoms with Gasteiger partial charge in [0.15, 0.2) is 0 Å². The molecule has 128 valence electrons. The number of nitrogens with zero attached hydrogens (tertiary/aromatic N) is 3. The highest BCUT2D eigenvalue weighted by atomic mass is 16.5. The fourth-order valence-corrected chi connectivity index (χ4v) is 3.44. The van der Waals surface area contributed by atoms with E-state index in [4.69, 9.17) is 4.74 Å². The lowest BCUT2D eigenvalue weighted by Gasteiger charge is -2.39. The third kappa shape index (κ3) is 3.94. The summed E-state index contributed by atoms with van der Waals surface area (Å²) in [5.41, 5.74) is 1.75. The number of piperazine rings is 1. The van der Waals surface area contributed by atoms with Crippen molar-refractivity contribution in [3.8, 4) is 0 Å². The SMILES string of the molecule is CCN1CCOC(CN2CCN(C(=O)c3[nH]ccc3C)CC2)C1. The van der Waals surface area contributed by atoms with Gasteiger partial charge >= 0.3 is 0 Å². The van der Waals surface area contributed by atoms with Crippen molar-refractivity contribution in [2.75, 3.05) is 59.0 Å². The Morgan fingerprint density at radius 2 is 2.04 bits per heavy atom. The van der Waals surface area contributed by atoms with Crippen molar-refractivity contribution in [3.05, 3.63) is 23.5 Å². The van der Waals surface area contributed by atoms with Crippen LogP contribution in [0.4, 0.5) is 0 Å². The molecule has 1 N–H and O–H groups in total. The molecule has 1 amide bonds. The van der Waals surface area contributed by atoms with Crippen LogP contribution in [0.3, 0.4) is 0 Å². The Balaban J connectivity index is 1.47. The van der Waals surface area contributed by atoms with Crippen molar-refractivity contribution in [3.63, 3.8) is 0 Å². The fraction of sp³-hybridized carbons (Fsp3) is 0.706. The molecule has 1 aromatic heterocycles. The summed E-state index contributed by atoms with van der Waals surface area (Å²) in [6, 6.07) is 1.95. The average molecular weight is 320 g/mol. The highest BCUT2D eigenvalue weighted by Crippen LogP contribution is 2.13. The van der Waals surface area contributed by atoms with E-state index in [2.05, 4.69) is 21.7 Å². The van der Waals surface area contributed by atoms with E-state index >= 15 is 0 Å². The third-order valence-corrected chi connectivity index (χ3v) is 4.96. The van der Waals surface area contributed by atoms with Crippen LogP contribution in [0.5, 0.6) is 0 Å². The van der Waals surface area contributed by atoms with Crippen LogP contribution in [0.1, 0.15) is 23.0 Å². The highest BCUT2D eigenvalue weighted by molar-refractivity contribution is 5.93. The van der Waals surface area contributed by atoms with E-state index in [1.54, 1.807) is 0 Å². The van der Waals surface area contributed by atoms with Crippen LogP contribution in [-0.2, 0) is 4.74 Å². The van der Waals surface area contributed by atoms with Crippen molar-refractivity contribution < 1.29 is 9.53 Å². The van der Waals surface area contributed by atoms with Gasteiger partial charge in [-0.25, -0.2) is 0 Å². The largest absolute Gasteiger partial charge is 0.374 e. The van der Waals surface area contributed by atoms with Gasteiger partial charge in [0.1, 0.15) is 5.69 Å². The first-order chi connectivity index (χ1) is 11.2. The Morgan fingerprint density at radius 1 is 1.26 bits per heavy atom. The van der Waals surface area contributed by atoms with Gasteiger partial charge in [-0.2, -0.15) is 0 Å². The van der Waals surface area contributed by atoms with E-state index in [1.807, 2.05) is 24.1 Å². The Labute approximate surface area is 138 Å². The number of rotatable bonds is 4. The standard InChI is InChI=1S/C17H28N4O2/c1-3-19-10-11-23-15(12-19)13-20-6-8-21(9-7-20)17(22)16-14(2)4-5-18-16/h4-5,15,18H,3,6-13H2,1-2H3. The first-order valence-corrected chi connectivity index (χ1v) is 8.67. The topological polar surface area (TPSA) is 51.8 Å². The van der Waals surface area contributed by atoms with Crippen LogP contribution in [0.2, 0.25) is 0 Å². The first-order valence-electron chi connectivity index (χ1n) is 8.67. The van der Waals surface area contributed by atoms with Gasteiger partial charge in [0.25, 0.3) is 5.91 Å². The molecule has 2 saturated heterocycles. The molecular weight excluding hydrogens is 292 g/mol. The van der Waals surface area contributed by atoms with E-state index in [1.165, 1.54) is 0 Å². The number of morpholine rings is 1. The Hall–Kier alpha value is -1.37. The summed E-state index contributed by atoms with van der Waals surface area (Å²) in [6.07, 6.45) is 2.13. The molecule has 3 heterocycles. The maximum Gasteiger partial charge on any atom is 0.270 e. The summed E-state index contributed by atoms with van der Waals surface area (Å²) in [6.45, 7) is 12.6. The summed E-state index contributed by atoms with van der Waals surface area (Å²) in [7, 11) is 0. The molecule has 2 aliphatic heterocycles. The number of nitrogens with one attached hydrogen (secondary N) is 1. The summed E-state index contributed by atoms with van der Waals surface area (Å²) < 4.78 is 5.89. The zero-order chi connectivity index (χ0) is 16.2. The lowest BCUT2D eigenvalue weighted by Crippen LogP contribution is -2.53. The number of amides is 1. The molecular formula is C17H28N4O2. The molecule has 0 spiro atoms. The number of aromatic nitrogens is 1. The number of carbonyl (C=O) groups excluding carboxylic acids is 1. The fourth-order valence-electron chi connectivity index (χ4n) is 3.44. The van der Waals surface area contributed by atoms with Crippen LogP contribution in [0.25, 0.3) is 0 Å². The van der Waals surface area contributed by atoms with E-state index in [0.29, 0.717) is 6.10 Å². The van der Waals surface area contributed by atoms with Gasteiger partial charge in [-0.1, -0.05) is 6.92 Å². The van der Waals surface area contributed by atoms with Gasteiger partial charge in [0, 0.05) is 52.0 Å². The van der Waals surface area contributed by atoms with E-state index < -0.39 is 0 Å². The molecule has 23 heavy (non-hydrogen) atoms. The number of likely N-dealkylation sites (N-methyl/N-ethyl adjacent to an activating group) is 1. The van der Waals surface area contributed by atoms with Gasteiger partial charge in [0.05, 0.1) is 12.7 Å². The number of hydrogen-bond acceptors (Lipinski definition) is 4. The zero-order valence-corrected chi connectivity index (χ0v) is 14.3. The van der Waals surface area contributed by atoms with Gasteiger partial charge in [-0.05, 0) is 25.1 Å². The molecule has 0 radical (unpaired) electrons. The molecule has 2 aliphatic rings.